The van der Waals surface area contributed by atoms with E-state index in [9.17, 15) is 9.18 Å². The van der Waals surface area contributed by atoms with Gasteiger partial charge >= 0.3 is 0 Å². The van der Waals surface area contributed by atoms with Crippen molar-refractivity contribution in [3.05, 3.63) is 65.2 Å². The maximum absolute atomic E-state index is 13.2. The Morgan fingerprint density at radius 1 is 1.08 bits per heavy atom. The summed E-state index contributed by atoms with van der Waals surface area (Å²) in [5, 5.41) is 11.7. The molecule has 1 amide bonds. The van der Waals surface area contributed by atoms with Gasteiger partial charge in [-0.1, -0.05) is 30.0 Å². The molecule has 0 atom stereocenters. The Labute approximate surface area is 155 Å². The Morgan fingerprint density at radius 3 is 2.38 bits per heavy atom. The molecule has 0 saturated heterocycles. The fraction of sp³-hybridized carbons (Fsp3) is 0.211. The Morgan fingerprint density at radius 2 is 1.73 bits per heavy atom. The second-order valence-electron chi connectivity index (χ2n) is 5.95. The van der Waals surface area contributed by atoms with E-state index in [4.69, 9.17) is 0 Å². The normalized spacial score (nSPS) is 10.8. The van der Waals surface area contributed by atoms with E-state index in [1.807, 2.05) is 39.0 Å². The van der Waals surface area contributed by atoms with Gasteiger partial charge in [0.1, 0.15) is 11.6 Å². The molecule has 5 nitrogen and oxygen atoms in total. The Balaban J connectivity index is 1.72. The number of hydrogen-bond acceptors (Lipinski definition) is 4. The molecule has 3 aromatic rings. The molecule has 1 N–H and O–H groups in total. The number of amides is 1. The first-order valence-corrected chi connectivity index (χ1v) is 9.11. The third-order valence-electron chi connectivity index (χ3n) is 3.96. The van der Waals surface area contributed by atoms with Gasteiger partial charge in [-0.25, -0.2) is 4.39 Å². The van der Waals surface area contributed by atoms with Crippen molar-refractivity contribution in [1.82, 2.24) is 14.8 Å². The van der Waals surface area contributed by atoms with Gasteiger partial charge in [0.15, 0.2) is 5.16 Å². The van der Waals surface area contributed by atoms with Crippen molar-refractivity contribution in [3.8, 4) is 5.69 Å². The fourth-order valence-corrected chi connectivity index (χ4v) is 3.44. The van der Waals surface area contributed by atoms with Gasteiger partial charge in [-0.2, -0.15) is 0 Å². The highest BCUT2D eigenvalue weighted by Gasteiger charge is 2.14. The van der Waals surface area contributed by atoms with Crippen molar-refractivity contribution >= 4 is 23.4 Å². The number of rotatable bonds is 5. The largest absolute Gasteiger partial charge is 0.325 e. The lowest BCUT2D eigenvalue weighted by atomic mass is 10.1. The quantitative estimate of drug-likeness (QED) is 0.688. The molecule has 0 aliphatic carbocycles. The number of anilines is 1. The van der Waals surface area contributed by atoms with Crippen molar-refractivity contribution in [2.45, 2.75) is 25.9 Å². The number of carbonyl (C=O) groups is 1. The summed E-state index contributed by atoms with van der Waals surface area (Å²) < 4.78 is 15.0. The molecule has 2 aromatic carbocycles. The van der Waals surface area contributed by atoms with E-state index in [1.54, 1.807) is 16.7 Å². The number of para-hydroxylation sites is 1. The van der Waals surface area contributed by atoms with E-state index >= 15 is 0 Å². The van der Waals surface area contributed by atoms with Crippen molar-refractivity contribution in [3.63, 3.8) is 0 Å². The monoisotopic (exact) mass is 370 g/mol. The van der Waals surface area contributed by atoms with E-state index in [2.05, 4.69) is 15.5 Å². The molecule has 134 valence electrons. The lowest BCUT2D eigenvalue weighted by Gasteiger charge is -2.11. The smallest absolute Gasteiger partial charge is 0.234 e. The van der Waals surface area contributed by atoms with Gasteiger partial charge in [0, 0.05) is 11.4 Å². The number of aryl methyl sites for hydroxylation is 3. The molecular weight excluding hydrogens is 351 g/mol. The summed E-state index contributed by atoms with van der Waals surface area (Å²) in [5.74, 6) is 0.460. The van der Waals surface area contributed by atoms with Gasteiger partial charge in [-0.3, -0.25) is 9.36 Å². The van der Waals surface area contributed by atoms with Gasteiger partial charge in [0.25, 0.3) is 0 Å². The predicted molar refractivity (Wildman–Crippen MR) is 101 cm³/mol. The van der Waals surface area contributed by atoms with E-state index < -0.39 is 0 Å². The number of benzene rings is 2. The van der Waals surface area contributed by atoms with Crippen molar-refractivity contribution in [1.29, 1.82) is 0 Å². The molecule has 0 aliphatic rings. The third kappa shape index (κ3) is 3.94. The molecule has 3 rings (SSSR count). The van der Waals surface area contributed by atoms with Crippen LogP contribution >= 0.6 is 11.8 Å². The number of aromatic nitrogens is 3. The van der Waals surface area contributed by atoms with Crippen molar-refractivity contribution in [2.24, 2.45) is 0 Å². The van der Waals surface area contributed by atoms with Crippen LogP contribution in [-0.2, 0) is 4.79 Å². The van der Waals surface area contributed by atoms with Crippen LogP contribution in [0.5, 0.6) is 0 Å². The highest BCUT2D eigenvalue weighted by Crippen LogP contribution is 2.23. The fourth-order valence-electron chi connectivity index (χ4n) is 2.64. The van der Waals surface area contributed by atoms with Gasteiger partial charge in [0.2, 0.25) is 5.91 Å². The minimum Gasteiger partial charge on any atom is -0.325 e. The summed E-state index contributed by atoms with van der Waals surface area (Å²) in [7, 11) is 0. The summed E-state index contributed by atoms with van der Waals surface area (Å²) in [6.45, 7) is 5.74. The molecular formula is C19H19FN4OS. The highest BCUT2D eigenvalue weighted by atomic mass is 32.2. The van der Waals surface area contributed by atoms with E-state index in [0.717, 1.165) is 22.5 Å². The van der Waals surface area contributed by atoms with Crippen LogP contribution in [0, 0.1) is 26.6 Å². The Hall–Kier alpha value is -2.67. The molecule has 0 radical (unpaired) electrons. The zero-order valence-corrected chi connectivity index (χ0v) is 15.6. The highest BCUT2D eigenvalue weighted by molar-refractivity contribution is 7.99. The summed E-state index contributed by atoms with van der Waals surface area (Å²) in [6.07, 6.45) is 0. The van der Waals surface area contributed by atoms with Gasteiger partial charge in [0.05, 0.1) is 5.75 Å². The number of hydrogen-bond donors (Lipinski definition) is 1. The minimum absolute atomic E-state index is 0.112. The summed E-state index contributed by atoms with van der Waals surface area (Å²) in [5.41, 5.74) is 3.64. The summed E-state index contributed by atoms with van der Waals surface area (Å²) in [4.78, 5) is 12.4. The van der Waals surface area contributed by atoms with Crippen LogP contribution in [0.15, 0.2) is 47.6 Å². The first-order chi connectivity index (χ1) is 12.5. The van der Waals surface area contributed by atoms with Crippen LogP contribution in [0.3, 0.4) is 0 Å². The van der Waals surface area contributed by atoms with Crippen LogP contribution in [0.25, 0.3) is 5.69 Å². The minimum atomic E-state index is -0.304. The van der Waals surface area contributed by atoms with Crippen LogP contribution in [-0.4, -0.2) is 26.4 Å². The summed E-state index contributed by atoms with van der Waals surface area (Å²) >= 11 is 1.29. The van der Waals surface area contributed by atoms with Gasteiger partial charge < -0.3 is 5.32 Å². The zero-order chi connectivity index (χ0) is 18.7. The SMILES string of the molecule is Cc1cccc(C)c1NC(=O)CSc1nnc(C)n1-c1ccc(F)cc1. The lowest BCUT2D eigenvalue weighted by Crippen LogP contribution is -2.16. The van der Waals surface area contributed by atoms with E-state index in [1.165, 1.54) is 23.9 Å². The van der Waals surface area contributed by atoms with E-state index in [0.29, 0.717) is 11.0 Å². The van der Waals surface area contributed by atoms with Crippen LogP contribution in [0.2, 0.25) is 0 Å². The average molecular weight is 370 g/mol. The molecule has 0 saturated carbocycles. The molecule has 0 fully saturated rings. The second-order valence-corrected chi connectivity index (χ2v) is 6.89. The maximum atomic E-state index is 13.2. The molecule has 26 heavy (non-hydrogen) atoms. The van der Waals surface area contributed by atoms with E-state index in [-0.39, 0.29) is 17.5 Å². The van der Waals surface area contributed by atoms with Crippen LogP contribution in [0.4, 0.5) is 10.1 Å². The van der Waals surface area contributed by atoms with Crippen molar-refractivity contribution < 1.29 is 9.18 Å². The Bertz CT molecular complexity index is 917. The zero-order valence-electron chi connectivity index (χ0n) is 14.8. The lowest BCUT2D eigenvalue weighted by molar-refractivity contribution is -0.113. The van der Waals surface area contributed by atoms with Gasteiger partial charge in [-0.15, -0.1) is 10.2 Å². The second kappa shape index (κ2) is 7.70. The molecule has 0 spiro atoms. The first kappa shape index (κ1) is 18.1. The number of carbonyl (C=O) groups excluding carboxylic acids is 1. The Kier molecular flexibility index (Phi) is 5.37. The molecule has 1 aromatic heterocycles. The molecule has 0 bridgehead atoms. The number of halogens is 1. The first-order valence-electron chi connectivity index (χ1n) is 8.12. The van der Waals surface area contributed by atoms with Crippen LogP contribution in [0.1, 0.15) is 17.0 Å². The molecule has 7 heteroatoms. The maximum Gasteiger partial charge on any atom is 0.234 e. The average Bonchev–Trinajstić information content (AvgIpc) is 2.98. The predicted octanol–water partition coefficient (Wildman–Crippen LogP) is 4.06. The number of nitrogens with one attached hydrogen (secondary N) is 1. The summed E-state index contributed by atoms with van der Waals surface area (Å²) in [6, 6.07) is 12.0. The molecule has 0 unspecified atom stereocenters. The van der Waals surface area contributed by atoms with Crippen LogP contribution < -0.4 is 5.32 Å². The third-order valence-corrected chi connectivity index (χ3v) is 4.89. The van der Waals surface area contributed by atoms with Gasteiger partial charge in [-0.05, 0) is 56.2 Å². The number of nitrogens with zero attached hydrogens (tertiary/aromatic N) is 3. The topological polar surface area (TPSA) is 59.8 Å². The molecule has 1 heterocycles. The number of thioether (sulfide) groups is 1. The van der Waals surface area contributed by atoms with Crippen molar-refractivity contribution in [2.75, 3.05) is 11.1 Å². The molecule has 0 aliphatic heterocycles. The standard InChI is InChI=1S/C19H19FN4OS/c1-12-5-4-6-13(2)18(12)21-17(25)11-26-19-23-22-14(3)24(19)16-9-7-15(20)8-10-16/h4-10H,11H2,1-3H3,(H,21,25).